The van der Waals surface area contributed by atoms with Gasteiger partial charge in [-0.15, -0.1) is 0 Å². The van der Waals surface area contributed by atoms with Crippen LogP contribution in [0.25, 0.3) is 0 Å². The van der Waals surface area contributed by atoms with Gasteiger partial charge in [-0.3, -0.25) is 0 Å². The van der Waals surface area contributed by atoms with Gasteiger partial charge in [-0.05, 0) is 18.9 Å². The summed E-state index contributed by atoms with van der Waals surface area (Å²) in [5.41, 5.74) is 0. The second-order valence-corrected chi connectivity index (χ2v) is 9.77. The van der Waals surface area contributed by atoms with Gasteiger partial charge >= 0.3 is 0 Å². The van der Waals surface area contributed by atoms with Crippen LogP contribution in [0.4, 0.5) is 0 Å². The summed E-state index contributed by atoms with van der Waals surface area (Å²) in [6, 6.07) is 0.353. The summed E-state index contributed by atoms with van der Waals surface area (Å²) in [5, 5.41) is 3.40. The summed E-state index contributed by atoms with van der Waals surface area (Å²) in [5.74, 6) is -0.329. The normalized spacial score (nSPS) is 25.8. The first-order valence-electron chi connectivity index (χ1n) is 7.08. The minimum absolute atomic E-state index is 0.289. The Labute approximate surface area is 122 Å². The Morgan fingerprint density at radius 2 is 1.80 bits per heavy atom. The third kappa shape index (κ3) is 5.31. The van der Waals surface area contributed by atoms with Crippen molar-refractivity contribution in [2.45, 2.75) is 32.7 Å². The Kier molecular flexibility index (Phi) is 6.43. The van der Waals surface area contributed by atoms with Crippen LogP contribution in [0.2, 0.25) is 0 Å². The fourth-order valence-corrected chi connectivity index (χ4v) is 5.70. The lowest BCUT2D eigenvalue weighted by Gasteiger charge is -2.37. The summed E-state index contributed by atoms with van der Waals surface area (Å²) in [6.07, 6.45) is 2.76. The number of hydrogen-bond donors (Lipinski definition) is 1. The zero-order valence-electron chi connectivity index (χ0n) is 12.5. The van der Waals surface area contributed by atoms with E-state index in [-0.39, 0.29) is 17.4 Å². The molecule has 0 aromatic carbocycles. The predicted octanol–water partition coefficient (Wildman–Crippen LogP) is 0.0708. The van der Waals surface area contributed by atoms with Gasteiger partial charge in [0.1, 0.15) is 9.84 Å². The summed E-state index contributed by atoms with van der Waals surface area (Å²) in [6.45, 7) is 5.94. The van der Waals surface area contributed by atoms with Crippen LogP contribution < -0.4 is 5.32 Å². The zero-order valence-corrected chi connectivity index (χ0v) is 14.1. The molecule has 6 nitrogen and oxygen atoms in total. The quantitative estimate of drug-likeness (QED) is 0.716. The van der Waals surface area contributed by atoms with E-state index in [0.29, 0.717) is 19.1 Å². The van der Waals surface area contributed by atoms with Crippen LogP contribution in [0.1, 0.15) is 26.7 Å². The highest BCUT2D eigenvalue weighted by atomic mass is 32.2. The molecule has 0 radical (unpaired) electrons. The molecule has 2 unspecified atom stereocenters. The van der Waals surface area contributed by atoms with Crippen LogP contribution >= 0.6 is 0 Å². The highest BCUT2D eigenvalue weighted by Gasteiger charge is 2.33. The molecule has 1 heterocycles. The van der Waals surface area contributed by atoms with Crippen LogP contribution in [-0.2, 0) is 19.9 Å². The van der Waals surface area contributed by atoms with E-state index < -0.39 is 19.9 Å². The Hall–Kier alpha value is -0.180. The Bertz CT molecular complexity index is 502. The molecule has 8 heteroatoms. The van der Waals surface area contributed by atoms with Crippen LogP contribution in [0.5, 0.6) is 0 Å². The van der Waals surface area contributed by atoms with E-state index in [1.54, 1.807) is 0 Å². The highest BCUT2D eigenvalue weighted by molar-refractivity contribution is 7.93. The third-order valence-corrected chi connectivity index (χ3v) is 6.84. The molecule has 120 valence electrons. The van der Waals surface area contributed by atoms with Crippen molar-refractivity contribution in [1.82, 2.24) is 9.62 Å². The molecule has 0 bridgehead atoms. The van der Waals surface area contributed by atoms with Crippen molar-refractivity contribution in [3.8, 4) is 0 Å². The Morgan fingerprint density at radius 3 is 2.30 bits per heavy atom. The van der Waals surface area contributed by atoms with Crippen molar-refractivity contribution in [3.05, 3.63) is 0 Å². The number of nitrogens with zero attached hydrogens (tertiary/aromatic N) is 1. The minimum atomic E-state index is -3.47. The number of piperidine rings is 1. The number of nitrogens with one attached hydrogen (secondary N) is 1. The van der Waals surface area contributed by atoms with E-state index in [0.717, 1.165) is 25.6 Å². The maximum Gasteiger partial charge on any atom is 0.215 e. The van der Waals surface area contributed by atoms with E-state index in [2.05, 4.69) is 12.2 Å². The standard InChI is InChI=1S/C12H26N2O4S2/c1-4-11-10-14(7-6-12(11)13-5-2)20(17,18)9-8-19(3,15)16/h11-13H,4-10H2,1-3H3. The van der Waals surface area contributed by atoms with Gasteiger partial charge in [0.25, 0.3) is 0 Å². The monoisotopic (exact) mass is 326 g/mol. The molecule has 0 amide bonds. The summed E-state index contributed by atoms with van der Waals surface area (Å²) < 4.78 is 48.1. The van der Waals surface area contributed by atoms with Gasteiger partial charge in [0.2, 0.25) is 10.0 Å². The molecule has 0 aliphatic carbocycles. The van der Waals surface area contributed by atoms with Crippen molar-refractivity contribution in [3.63, 3.8) is 0 Å². The fraction of sp³-hybridized carbons (Fsp3) is 1.00. The maximum atomic E-state index is 12.2. The SMILES string of the molecule is CCNC1CCN(S(=O)(=O)CCS(C)(=O)=O)CC1CC. The van der Waals surface area contributed by atoms with Crippen LogP contribution in [0.3, 0.4) is 0 Å². The number of sulfone groups is 1. The molecule has 1 saturated heterocycles. The molecule has 1 fully saturated rings. The second kappa shape index (κ2) is 7.20. The van der Waals surface area contributed by atoms with Crippen molar-refractivity contribution >= 4 is 19.9 Å². The fourth-order valence-electron chi connectivity index (χ4n) is 2.58. The molecule has 0 aromatic heterocycles. The molecule has 0 spiro atoms. The second-order valence-electron chi connectivity index (χ2n) is 5.43. The van der Waals surface area contributed by atoms with Crippen molar-refractivity contribution in [2.24, 2.45) is 5.92 Å². The largest absolute Gasteiger partial charge is 0.314 e. The molecule has 2 atom stereocenters. The highest BCUT2D eigenvalue weighted by Crippen LogP contribution is 2.22. The van der Waals surface area contributed by atoms with Gasteiger partial charge in [-0.25, -0.2) is 21.1 Å². The van der Waals surface area contributed by atoms with E-state index in [9.17, 15) is 16.8 Å². The summed E-state index contributed by atoms with van der Waals surface area (Å²) in [4.78, 5) is 0. The Morgan fingerprint density at radius 1 is 1.15 bits per heavy atom. The number of sulfonamides is 1. The maximum absolute atomic E-state index is 12.2. The molecule has 0 saturated carbocycles. The smallest absolute Gasteiger partial charge is 0.215 e. The lowest BCUT2D eigenvalue weighted by atomic mass is 9.91. The van der Waals surface area contributed by atoms with Gasteiger partial charge in [0.05, 0.1) is 11.5 Å². The molecule has 0 aromatic rings. The van der Waals surface area contributed by atoms with Crippen LogP contribution in [-0.4, -0.2) is 64.6 Å². The molecule has 1 aliphatic rings. The Balaban J connectivity index is 2.68. The van der Waals surface area contributed by atoms with Gasteiger partial charge < -0.3 is 5.32 Å². The summed E-state index contributed by atoms with van der Waals surface area (Å²) in [7, 11) is -6.72. The average molecular weight is 326 g/mol. The van der Waals surface area contributed by atoms with Gasteiger partial charge in [0, 0.05) is 25.4 Å². The lowest BCUT2D eigenvalue weighted by molar-refractivity contribution is 0.204. The first-order chi connectivity index (χ1) is 9.19. The first-order valence-corrected chi connectivity index (χ1v) is 10.8. The molecular formula is C12H26N2O4S2. The molecule has 1 aliphatic heterocycles. The van der Waals surface area contributed by atoms with Gasteiger partial charge in [-0.2, -0.15) is 0 Å². The van der Waals surface area contributed by atoms with E-state index in [4.69, 9.17) is 0 Å². The number of hydrogen-bond acceptors (Lipinski definition) is 5. The number of rotatable bonds is 7. The first kappa shape index (κ1) is 17.9. The average Bonchev–Trinajstić information content (AvgIpc) is 2.36. The van der Waals surface area contributed by atoms with E-state index in [1.807, 2.05) is 6.92 Å². The van der Waals surface area contributed by atoms with E-state index in [1.165, 1.54) is 4.31 Å². The predicted molar refractivity (Wildman–Crippen MR) is 80.9 cm³/mol. The zero-order chi connectivity index (χ0) is 15.4. The van der Waals surface area contributed by atoms with Crippen molar-refractivity contribution in [1.29, 1.82) is 0 Å². The lowest BCUT2D eigenvalue weighted by Crippen LogP contribution is -2.51. The third-order valence-electron chi connectivity index (χ3n) is 3.79. The minimum Gasteiger partial charge on any atom is -0.314 e. The van der Waals surface area contributed by atoms with Gasteiger partial charge in [-0.1, -0.05) is 20.3 Å². The molecule has 20 heavy (non-hydrogen) atoms. The van der Waals surface area contributed by atoms with Gasteiger partial charge in [0.15, 0.2) is 0 Å². The molecule has 1 N–H and O–H groups in total. The molecule has 1 rings (SSSR count). The van der Waals surface area contributed by atoms with Crippen LogP contribution in [0.15, 0.2) is 0 Å². The molecular weight excluding hydrogens is 300 g/mol. The van der Waals surface area contributed by atoms with Crippen molar-refractivity contribution in [2.75, 3.05) is 37.4 Å². The summed E-state index contributed by atoms with van der Waals surface area (Å²) >= 11 is 0. The van der Waals surface area contributed by atoms with Crippen molar-refractivity contribution < 1.29 is 16.8 Å². The van der Waals surface area contributed by atoms with E-state index >= 15 is 0 Å². The van der Waals surface area contributed by atoms with Crippen LogP contribution in [0, 0.1) is 5.92 Å². The topological polar surface area (TPSA) is 83.6 Å².